The van der Waals surface area contributed by atoms with E-state index in [0.717, 1.165) is 26.3 Å². The van der Waals surface area contributed by atoms with Crippen molar-refractivity contribution >= 4 is 17.7 Å². The second-order valence-electron chi connectivity index (χ2n) is 7.57. The van der Waals surface area contributed by atoms with E-state index in [-0.39, 0.29) is 18.0 Å². The third kappa shape index (κ3) is 5.60. The molecule has 0 aliphatic carbocycles. The highest BCUT2D eigenvalue weighted by Crippen LogP contribution is 2.23. The zero-order valence-electron chi connectivity index (χ0n) is 17.0. The van der Waals surface area contributed by atoms with Crippen molar-refractivity contribution in [3.8, 4) is 0 Å². The highest BCUT2D eigenvalue weighted by molar-refractivity contribution is 8.00. The normalized spacial score (nSPS) is 17.1. The van der Waals surface area contributed by atoms with Crippen LogP contribution < -0.4 is 10.2 Å². The molecule has 0 radical (unpaired) electrons. The van der Waals surface area contributed by atoms with Gasteiger partial charge in [-0.15, -0.1) is 11.8 Å². The number of hydrogen-bond acceptors (Lipinski definition) is 3. The molecule has 1 fully saturated rings. The molecule has 3 rings (SSSR count). The van der Waals surface area contributed by atoms with E-state index in [1.165, 1.54) is 26.5 Å². The Balaban J connectivity index is 1.64. The van der Waals surface area contributed by atoms with E-state index in [4.69, 9.17) is 4.74 Å². The molecular formula is C23H31N2O2S+. The van der Waals surface area contributed by atoms with Crippen molar-refractivity contribution in [2.75, 3.05) is 32.1 Å². The maximum Gasteiger partial charge on any atom is 0.230 e. The van der Waals surface area contributed by atoms with Crippen molar-refractivity contribution in [3.63, 3.8) is 0 Å². The summed E-state index contributed by atoms with van der Waals surface area (Å²) in [6, 6.07) is 17.2. The van der Waals surface area contributed by atoms with Crippen LogP contribution in [0.2, 0.25) is 0 Å². The van der Waals surface area contributed by atoms with Crippen LogP contribution in [0, 0.1) is 13.8 Å². The number of thioether (sulfide) groups is 1. The second kappa shape index (κ2) is 10.1. The maximum absolute atomic E-state index is 12.7. The summed E-state index contributed by atoms with van der Waals surface area (Å²) in [4.78, 5) is 15.3. The predicted octanol–water partition coefficient (Wildman–Crippen LogP) is 2.56. The van der Waals surface area contributed by atoms with E-state index >= 15 is 0 Å². The van der Waals surface area contributed by atoms with Crippen molar-refractivity contribution in [1.82, 2.24) is 5.32 Å². The van der Waals surface area contributed by atoms with Gasteiger partial charge in [0, 0.05) is 10.5 Å². The fourth-order valence-electron chi connectivity index (χ4n) is 3.87. The Morgan fingerprint density at radius 2 is 1.86 bits per heavy atom. The number of aryl methyl sites for hydroxylation is 2. The standard InChI is InChI=1S/C23H30N2O2S/c1-17-9-10-18(2)21(15-17)28-16-22(26)24-19(3)23(20-7-5-4-6-8-20)25-11-13-27-14-12-25/h4-10,15,19,23H,11-14,16H2,1-3H3,(H,24,26)/p+1/t19-,23-/m1/s1. The van der Waals surface area contributed by atoms with E-state index in [1.807, 2.05) is 6.07 Å². The molecule has 28 heavy (non-hydrogen) atoms. The smallest absolute Gasteiger partial charge is 0.230 e. The third-order valence-electron chi connectivity index (χ3n) is 5.32. The third-order valence-corrected chi connectivity index (χ3v) is 6.48. The summed E-state index contributed by atoms with van der Waals surface area (Å²) in [5.74, 6) is 0.529. The van der Waals surface area contributed by atoms with Crippen LogP contribution in [0.5, 0.6) is 0 Å². The van der Waals surface area contributed by atoms with Crippen LogP contribution in [0.15, 0.2) is 53.4 Å². The van der Waals surface area contributed by atoms with Gasteiger partial charge >= 0.3 is 0 Å². The van der Waals surface area contributed by atoms with Crippen LogP contribution >= 0.6 is 11.8 Å². The zero-order valence-corrected chi connectivity index (χ0v) is 17.9. The summed E-state index contributed by atoms with van der Waals surface area (Å²) in [7, 11) is 0. The SMILES string of the molecule is Cc1ccc(C)c(SCC(=O)N[C@H](C)[C@H](c2ccccc2)[NH+]2CCOCC2)c1. The highest BCUT2D eigenvalue weighted by atomic mass is 32.2. The number of benzene rings is 2. The largest absolute Gasteiger partial charge is 0.370 e. The number of amides is 1. The van der Waals surface area contributed by atoms with Crippen LogP contribution in [0.1, 0.15) is 29.7 Å². The number of quaternary nitrogens is 1. The first-order valence-electron chi connectivity index (χ1n) is 10.0. The fourth-order valence-corrected chi connectivity index (χ4v) is 4.80. The average Bonchev–Trinajstić information content (AvgIpc) is 2.70. The van der Waals surface area contributed by atoms with Crippen LogP contribution in [0.25, 0.3) is 0 Å². The van der Waals surface area contributed by atoms with Crippen LogP contribution in [0.3, 0.4) is 0 Å². The number of ether oxygens (including phenoxy) is 1. The first kappa shape index (κ1) is 20.9. The summed E-state index contributed by atoms with van der Waals surface area (Å²) in [5.41, 5.74) is 3.72. The van der Waals surface area contributed by atoms with Gasteiger partial charge in [0.15, 0.2) is 0 Å². The lowest BCUT2D eigenvalue weighted by molar-refractivity contribution is -0.940. The van der Waals surface area contributed by atoms with Crippen molar-refractivity contribution in [2.24, 2.45) is 0 Å². The predicted molar refractivity (Wildman–Crippen MR) is 115 cm³/mol. The number of nitrogens with one attached hydrogen (secondary N) is 2. The molecule has 0 saturated carbocycles. The lowest BCUT2D eigenvalue weighted by Gasteiger charge is -2.35. The van der Waals surface area contributed by atoms with E-state index in [1.54, 1.807) is 11.8 Å². The molecule has 1 amide bonds. The lowest BCUT2D eigenvalue weighted by atomic mass is 9.98. The Labute approximate surface area is 172 Å². The minimum absolute atomic E-state index is 0.0576. The number of carbonyl (C=O) groups is 1. The topological polar surface area (TPSA) is 42.8 Å². The van der Waals surface area contributed by atoms with E-state index in [2.05, 4.69) is 68.6 Å². The molecule has 0 spiro atoms. The average molecular weight is 400 g/mol. The number of carbonyl (C=O) groups excluding carboxylic acids is 1. The molecule has 2 N–H and O–H groups in total. The van der Waals surface area contributed by atoms with Gasteiger partial charge in [0.25, 0.3) is 0 Å². The summed E-state index contributed by atoms with van der Waals surface area (Å²) in [5, 5.41) is 3.26. The quantitative estimate of drug-likeness (QED) is 0.703. The fraction of sp³-hybridized carbons (Fsp3) is 0.435. The molecule has 1 saturated heterocycles. The molecule has 1 heterocycles. The van der Waals surface area contributed by atoms with Gasteiger partial charge in [0.05, 0.1) is 25.0 Å². The summed E-state index contributed by atoms with van der Waals surface area (Å²) >= 11 is 1.62. The van der Waals surface area contributed by atoms with Gasteiger partial charge in [0.1, 0.15) is 19.1 Å². The molecule has 5 heteroatoms. The number of rotatable bonds is 7. The number of hydrogen-bond donors (Lipinski definition) is 2. The van der Waals surface area contributed by atoms with E-state index < -0.39 is 0 Å². The molecule has 1 aliphatic heterocycles. The Bertz CT molecular complexity index is 775. The molecule has 4 nitrogen and oxygen atoms in total. The summed E-state index contributed by atoms with van der Waals surface area (Å²) in [6.45, 7) is 9.80. The lowest BCUT2D eigenvalue weighted by Crippen LogP contribution is -3.15. The van der Waals surface area contributed by atoms with Gasteiger partial charge in [-0.25, -0.2) is 0 Å². The molecule has 0 unspecified atom stereocenters. The van der Waals surface area contributed by atoms with E-state index in [9.17, 15) is 4.79 Å². The van der Waals surface area contributed by atoms with Gasteiger partial charge in [-0.3, -0.25) is 4.79 Å². The van der Waals surface area contributed by atoms with Gasteiger partial charge in [0.2, 0.25) is 5.91 Å². The van der Waals surface area contributed by atoms with Gasteiger partial charge in [-0.1, -0.05) is 48.0 Å². The van der Waals surface area contributed by atoms with Crippen molar-refractivity contribution in [1.29, 1.82) is 0 Å². The minimum atomic E-state index is 0.0576. The van der Waals surface area contributed by atoms with Gasteiger partial charge in [-0.2, -0.15) is 0 Å². The van der Waals surface area contributed by atoms with E-state index in [0.29, 0.717) is 5.75 Å². The molecule has 1 aliphatic rings. The molecule has 0 bridgehead atoms. The van der Waals surface area contributed by atoms with Gasteiger partial charge < -0.3 is 15.0 Å². The first-order chi connectivity index (χ1) is 13.5. The van der Waals surface area contributed by atoms with Crippen LogP contribution in [-0.2, 0) is 9.53 Å². The zero-order chi connectivity index (χ0) is 19.9. The Hall–Kier alpha value is -1.82. The van der Waals surface area contributed by atoms with Gasteiger partial charge in [-0.05, 0) is 32.4 Å². The highest BCUT2D eigenvalue weighted by Gasteiger charge is 2.32. The first-order valence-corrected chi connectivity index (χ1v) is 11.0. The molecular weight excluding hydrogens is 368 g/mol. The Morgan fingerprint density at radius 1 is 1.14 bits per heavy atom. The Morgan fingerprint density at radius 3 is 2.57 bits per heavy atom. The molecule has 2 atom stereocenters. The second-order valence-corrected chi connectivity index (χ2v) is 8.59. The summed E-state index contributed by atoms with van der Waals surface area (Å²) < 4.78 is 5.54. The van der Waals surface area contributed by atoms with Crippen molar-refractivity contribution in [3.05, 3.63) is 65.2 Å². The number of morpholine rings is 1. The molecule has 2 aromatic carbocycles. The van der Waals surface area contributed by atoms with Crippen LogP contribution in [0.4, 0.5) is 0 Å². The maximum atomic E-state index is 12.7. The van der Waals surface area contributed by atoms with Crippen molar-refractivity contribution < 1.29 is 14.4 Å². The Kier molecular flexibility index (Phi) is 7.54. The monoisotopic (exact) mass is 399 g/mol. The van der Waals surface area contributed by atoms with Crippen molar-refractivity contribution in [2.45, 2.75) is 37.8 Å². The molecule has 2 aromatic rings. The molecule has 0 aromatic heterocycles. The molecule has 150 valence electrons. The summed E-state index contributed by atoms with van der Waals surface area (Å²) in [6.07, 6.45) is 0. The van der Waals surface area contributed by atoms with Crippen LogP contribution in [-0.4, -0.2) is 44.0 Å². The minimum Gasteiger partial charge on any atom is -0.370 e.